The van der Waals surface area contributed by atoms with Crippen molar-refractivity contribution in [3.05, 3.63) is 10.0 Å². The third-order valence-corrected chi connectivity index (χ3v) is 3.69. The van der Waals surface area contributed by atoms with Crippen LogP contribution in [0.1, 0.15) is 29.3 Å². The van der Waals surface area contributed by atoms with E-state index in [1.807, 2.05) is 0 Å². The molecule has 1 aliphatic rings. The number of aryl methyl sites for hydroxylation is 1. The molecule has 2 heterocycles. The van der Waals surface area contributed by atoms with Gasteiger partial charge in [0.15, 0.2) is 0 Å². The molecule has 0 saturated carbocycles. The zero-order chi connectivity index (χ0) is 10.5. The maximum Gasteiger partial charge on any atom is 0.120 e. The Bertz CT molecular complexity index is 299. The lowest BCUT2D eigenvalue weighted by Gasteiger charge is -2.21. The van der Waals surface area contributed by atoms with E-state index in [1.54, 1.807) is 11.3 Å². The second-order valence-electron chi connectivity index (χ2n) is 3.72. The van der Waals surface area contributed by atoms with Gasteiger partial charge in [-0.05, 0) is 19.3 Å². The van der Waals surface area contributed by atoms with Gasteiger partial charge in [0.05, 0.1) is 6.10 Å². The van der Waals surface area contributed by atoms with E-state index < -0.39 is 0 Å². The molecule has 1 aromatic rings. The Balaban J connectivity index is 1.86. The Morgan fingerprint density at radius 1 is 1.33 bits per heavy atom. The molecule has 1 aliphatic heterocycles. The number of nitrogens with zero attached hydrogens (tertiary/aromatic N) is 2. The molecular weight excluding hydrogens is 232 g/mol. The van der Waals surface area contributed by atoms with Crippen LogP contribution in [0.4, 0.5) is 0 Å². The van der Waals surface area contributed by atoms with E-state index in [9.17, 15) is 0 Å². The first kappa shape index (κ1) is 11.3. The highest BCUT2D eigenvalue weighted by atomic mass is 35.5. The molecule has 1 unspecified atom stereocenters. The normalized spacial score (nSPS) is 21.8. The van der Waals surface area contributed by atoms with Crippen molar-refractivity contribution >= 4 is 22.9 Å². The molecule has 0 amide bonds. The first-order chi connectivity index (χ1) is 7.38. The number of aromatic nitrogens is 2. The first-order valence-corrected chi connectivity index (χ1v) is 6.72. The van der Waals surface area contributed by atoms with Crippen LogP contribution in [0, 0.1) is 0 Å². The van der Waals surface area contributed by atoms with Gasteiger partial charge in [0.2, 0.25) is 0 Å². The molecule has 15 heavy (non-hydrogen) atoms. The lowest BCUT2D eigenvalue weighted by Crippen LogP contribution is -2.21. The van der Waals surface area contributed by atoms with Gasteiger partial charge in [-0.2, -0.15) is 0 Å². The van der Waals surface area contributed by atoms with Crippen LogP contribution in [0.3, 0.4) is 0 Å². The number of ether oxygens (including phenoxy) is 1. The number of alkyl halides is 1. The molecule has 0 N–H and O–H groups in total. The second-order valence-corrected chi connectivity index (χ2v) is 5.25. The summed E-state index contributed by atoms with van der Waals surface area (Å²) in [4.78, 5) is 0. The van der Waals surface area contributed by atoms with Crippen LogP contribution >= 0.6 is 22.9 Å². The summed E-state index contributed by atoms with van der Waals surface area (Å²) in [5, 5.41) is 10.4. The topological polar surface area (TPSA) is 35.0 Å². The molecular formula is C10H15ClN2OS. The van der Waals surface area contributed by atoms with Gasteiger partial charge < -0.3 is 4.74 Å². The SMILES string of the molecule is ClCCc1nnc(CC2CCCCO2)s1. The van der Waals surface area contributed by atoms with E-state index >= 15 is 0 Å². The van der Waals surface area contributed by atoms with Gasteiger partial charge in [0.25, 0.3) is 0 Å². The summed E-state index contributed by atoms with van der Waals surface area (Å²) in [5.41, 5.74) is 0. The van der Waals surface area contributed by atoms with Crippen molar-refractivity contribution in [2.24, 2.45) is 0 Å². The molecule has 1 saturated heterocycles. The van der Waals surface area contributed by atoms with Crippen LogP contribution in [-0.2, 0) is 17.6 Å². The van der Waals surface area contributed by atoms with Crippen molar-refractivity contribution in [1.82, 2.24) is 10.2 Å². The summed E-state index contributed by atoms with van der Waals surface area (Å²) in [6.07, 6.45) is 5.73. The summed E-state index contributed by atoms with van der Waals surface area (Å²) in [6.45, 7) is 0.901. The standard InChI is InChI=1S/C10H15ClN2OS/c11-5-4-9-12-13-10(15-9)7-8-3-1-2-6-14-8/h8H,1-7H2. The lowest BCUT2D eigenvalue weighted by atomic mass is 10.1. The van der Waals surface area contributed by atoms with E-state index in [1.165, 1.54) is 12.8 Å². The van der Waals surface area contributed by atoms with E-state index in [-0.39, 0.29) is 0 Å². The smallest absolute Gasteiger partial charge is 0.120 e. The molecule has 0 aromatic carbocycles. The average Bonchev–Trinajstić information content (AvgIpc) is 2.68. The summed E-state index contributed by atoms with van der Waals surface area (Å²) in [7, 11) is 0. The van der Waals surface area contributed by atoms with Crippen molar-refractivity contribution in [2.75, 3.05) is 12.5 Å². The Kier molecular flexibility index (Phi) is 4.35. The van der Waals surface area contributed by atoms with E-state index in [2.05, 4.69) is 10.2 Å². The van der Waals surface area contributed by atoms with Crippen LogP contribution in [-0.4, -0.2) is 28.8 Å². The summed E-state index contributed by atoms with van der Waals surface area (Å²) in [5.74, 6) is 0.620. The Morgan fingerprint density at radius 3 is 2.93 bits per heavy atom. The Labute approximate surface area is 98.8 Å². The first-order valence-electron chi connectivity index (χ1n) is 5.37. The van der Waals surface area contributed by atoms with E-state index in [4.69, 9.17) is 16.3 Å². The maximum atomic E-state index is 5.66. The molecule has 5 heteroatoms. The van der Waals surface area contributed by atoms with Crippen molar-refractivity contribution in [3.8, 4) is 0 Å². The highest BCUT2D eigenvalue weighted by molar-refractivity contribution is 7.11. The van der Waals surface area contributed by atoms with Crippen LogP contribution < -0.4 is 0 Å². The fraction of sp³-hybridized carbons (Fsp3) is 0.800. The average molecular weight is 247 g/mol. The predicted molar refractivity (Wildman–Crippen MR) is 61.6 cm³/mol. The summed E-state index contributed by atoms with van der Waals surface area (Å²) in [6, 6.07) is 0. The monoisotopic (exact) mass is 246 g/mol. The van der Waals surface area contributed by atoms with E-state index in [0.29, 0.717) is 12.0 Å². The molecule has 1 aromatic heterocycles. The van der Waals surface area contributed by atoms with Gasteiger partial charge in [-0.1, -0.05) is 0 Å². The fourth-order valence-electron chi connectivity index (χ4n) is 1.72. The van der Waals surface area contributed by atoms with Gasteiger partial charge in [-0.3, -0.25) is 0 Å². The molecule has 2 rings (SSSR count). The van der Waals surface area contributed by atoms with Crippen molar-refractivity contribution in [1.29, 1.82) is 0 Å². The largest absolute Gasteiger partial charge is 0.378 e. The number of hydrogen-bond donors (Lipinski definition) is 0. The minimum absolute atomic E-state index is 0.357. The maximum absolute atomic E-state index is 5.66. The molecule has 0 aliphatic carbocycles. The van der Waals surface area contributed by atoms with Crippen molar-refractivity contribution in [2.45, 2.75) is 38.2 Å². The van der Waals surface area contributed by atoms with Crippen LogP contribution in [0.25, 0.3) is 0 Å². The van der Waals surface area contributed by atoms with Crippen LogP contribution in [0.5, 0.6) is 0 Å². The van der Waals surface area contributed by atoms with Gasteiger partial charge in [0.1, 0.15) is 10.0 Å². The highest BCUT2D eigenvalue weighted by Crippen LogP contribution is 2.19. The number of hydrogen-bond acceptors (Lipinski definition) is 4. The zero-order valence-corrected chi connectivity index (χ0v) is 10.2. The molecule has 0 radical (unpaired) electrons. The summed E-state index contributed by atoms with van der Waals surface area (Å²) >= 11 is 7.32. The molecule has 1 atom stereocenters. The Morgan fingerprint density at radius 2 is 2.20 bits per heavy atom. The molecule has 84 valence electrons. The zero-order valence-electron chi connectivity index (χ0n) is 8.62. The highest BCUT2D eigenvalue weighted by Gasteiger charge is 2.16. The number of rotatable bonds is 4. The third kappa shape index (κ3) is 3.40. The second kappa shape index (κ2) is 5.77. The van der Waals surface area contributed by atoms with E-state index in [0.717, 1.165) is 35.9 Å². The molecule has 0 bridgehead atoms. The minimum Gasteiger partial charge on any atom is -0.378 e. The molecule has 3 nitrogen and oxygen atoms in total. The van der Waals surface area contributed by atoms with Crippen LogP contribution in [0.2, 0.25) is 0 Å². The van der Waals surface area contributed by atoms with Gasteiger partial charge >= 0.3 is 0 Å². The minimum atomic E-state index is 0.357. The van der Waals surface area contributed by atoms with Crippen molar-refractivity contribution in [3.63, 3.8) is 0 Å². The van der Waals surface area contributed by atoms with Gasteiger partial charge in [-0.15, -0.1) is 33.1 Å². The predicted octanol–water partition coefficient (Wildman–Crippen LogP) is 2.43. The molecule has 0 spiro atoms. The van der Waals surface area contributed by atoms with Crippen LogP contribution in [0.15, 0.2) is 0 Å². The summed E-state index contributed by atoms with van der Waals surface area (Å²) < 4.78 is 5.66. The third-order valence-electron chi connectivity index (χ3n) is 2.49. The van der Waals surface area contributed by atoms with Gasteiger partial charge in [0, 0.05) is 25.3 Å². The quantitative estimate of drug-likeness (QED) is 0.766. The fourth-order valence-corrected chi connectivity index (χ4v) is 2.92. The van der Waals surface area contributed by atoms with Crippen molar-refractivity contribution < 1.29 is 4.74 Å². The van der Waals surface area contributed by atoms with Gasteiger partial charge in [-0.25, -0.2) is 0 Å². The Hall–Kier alpha value is -0.190. The number of halogens is 1. The lowest BCUT2D eigenvalue weighted by molar-refractivity contribution is 0.0167. The molecule has 1 fully saturated rings.